The molecule has 0 bridgehead atoms. The first-order chi connectivity index (χ1) is 6.52. The summed E-state index contributed by atoms with van der Waals surface area (Å²) >= 11 is 5.60. The molecule has 0 radical (unpaired) electrons. The van der Waals surface area contributed by atoms with Crippen LogP contribution in [-0.2, 0) is 11.3 Å². The van der Waals surface area contributed by atoms with Crippen LogP contribution in [0.3, 0.4) is 0 Å². The van der Waals surface area contributed by atoms with Gasteiger partial charge in [-0.1, -0.05) is 5.16 Å². The number of carbonyl (C=O) groups is 1. The normalized spacial score (nSPS) is 12.6. The van der Waals surface area contributed by atoms with E-state index in [1.165, 1.54) is 0 Å². The standard InChI is InChI=1S/C9H13ClN2O2/c1-5(10)9(13)11-4-8-6(2)12-14-7(8)3/h5H,4H2,1-3H3,(H,11,13). The number of halogens is 1. The van der Waals surface area contributed by atoms with Gasteiger partial charge in [0.25, 0.3) is 0 Å². The lowest BCUT2D eigenvalue weighted by Gasteiger charge is -2.05. The molecule has 0 aromatic carbocycles. The van der Waals surface area contributed by atoms with E-state index in [1.807, 2.05) is 13.8 Å². The molecule has 0 aliphatic heterocycles. The smallest absolute Gasteiger partial charge is 0.238 e. The molecule has 1 atom stereocenters. The van der Waals surface area contributed by atoms with Crippen LogP contribution in [0.5, 0.6) is 0 Å². The van der Waals surface area contributed by atoms with Crippen LogP contribution in [0.2, 0.25) is 0 Å². The van der Waals surface area contributed by atoms with Gasteiger partial charge in [-0.3, -0.25) is 4.79 Å². The first kappa shape index (κ1) is 11.0. The lowest BCUT2D eigenvalue weighted by Crippen LogP contribution is -2.29. The van der Waals surface area contributed by atoms with Gasteiger partial charge in [0, 0.05) is 12.1 Å². The van der Waals surface area contributed by atoms with Gasteiger partial charge < -0.3 is 9.84 Å². The molecule has 78 valence electrons. The number of nitrogens with zero attached hydrogens (tertiary/aromatic N) is 1. The highest BCUT2D eigenvalue weighted by Crippen LogP contribution is 2.11. The van der Waals surface area contributed by atoms with Gasteiger partial charge in [0.05, 0.1) is 5.69 Å². The van der Waals surface area contributed by atoms with Crippen molar-refractivity contribution in [3.05, 3.63) is 17.0 Å². The second kappa shape index (κ2) is 4.46. The molecule has 0 aliphatic rings. The number of carbonyl (C=O) groups excluding carboxylic acids is 1. The Morgan fingerprint density at radius 2 is 2.29 bits per heavy atom. The molecule has 1 amide bonds. The zero-order chi connectivity index (χ0) is 10.7. The number of amides is 1. The van der Waals surface area contributed by atoms with E-state index in [2.05, 4.69) is 10.5 Å². The van der Waals surface area contributed by atoms with Gasteiger partial charge in [0.2, 0.25) is 5.91 Å². The van der Waals surface area contributed by atoms with Crippen molar-refractivity contribution in [2.45, 2.75) is 32.7 Å². The molecule has 0 saturated heterocycles. The Labute approximate surface area is 87.6 Å². The predicted octanol–water partition coefficient (Wildman–Crippen LogP) is 1.53. The van der Waals surface area contributed by atoms with Crippen molar-refractivity contribution in [1.82, 2.24) is 10.5 Å². The van der Waals surface area contributed by atoms with Crippen molar-refractivity contribution in [3.63, 3.8) is 0 Å². The van der Waals surface area contributed by atoms with Crippen LogP contribution in [0.4, 0.5) is 0 Å². The molecule has 1 rings (SSSR count). The number of rotatable bonds is 3. The van der Waals surface area contributed by atoms with Crippen LogP contribution < -0.4 is 5.32 Å². The Balaban J connectivity index is 2.58. The highest BCUT2D eigenvalue weighted by molar-refractivity contribution is 6.30. The summed E-state index contributed by atoms with van der Waals surface area (Å²) in [5, 5.41) is 5.96. The van der Waals surface area contributed by atoms with Crippen LogP contribution in [0, 0.1) is 13.8 Å². The topological polar surface area (TPSA) is 55.1 Å². The predicted molar refractivity (Wildman–Crippen MR) is 53.1 cm³/mol. The van der Waals surface area contributed by atoms with Crippen molar-refractivity contribution in [3.8, 4) is 0 Å². The van der Waals surface area contributed by atoms with Crippen molar-refractivity contribution in [2.24, 2.45) is 0 Å². The van der Waals surface area contributed by atoms with E-state index in [-0.39, 0.29) is 5.91 Å². The average molecular weight is 217 g/mol. The molecular weight excluding hydrogens is 204 g/mol. The first-order valence-electron chi connectivity index (χ1n) is 4.36. The maximum Gasteiger partial charge on any atom is 0.238 e. The lowest BCUT2D eigenvalue weighted by atomic mass is 10.2. The molecule has 14 heavy (non-hydrogen) atoms. The molecule has 1 aromatic rings. The van der Waals surface area contributed by atoms with Crippen LogP contribution >= 0.6 is 11.6 Å². The zero-order valence-electron chi connectivity index (χ0n) is 8.43. The summed E-state index contributed by atoms with van der Waals surface area (Å²) in [6, 6.07) is 0. The SMILES string of the molecule is Cc1noc(C)c1CNC(=O)C(C)Cl. The molecule has 4 nitrogen and oxygen atoms in total. The molecule has 0 spiro atoms. The van der Waals surface area contributed by atoms with E-state index in [4.69, 9.17) is 16.1 Å². The average Bonchev–Trinajstić information content (AvgIpc) is 2.43. The van der Waals surface area contributed by atoms with Gasteiger partial charge in [-0.25, -0.2) is 0 Å². The molecule has 1 N–H and O–H groups in total. The molecular formula is C9H13ClN2O2. The van der Waals surface area contributed by atoms with Crippen molar-refractivity contribution >= 4 is 17.5 Å². The van der Waals surface area contributed by atoms with Gasteiger partial charge in [0.1, 0.15) is 11.1 Å². The minimum Gasteiger partial charge on any atom is -0.361 e. The Morgan fingerprint density at radius 3 is 2.71 bits per heavy atom. The van der Waals surface area contributed by atoms with E-state index < -0.39 is 5.38 Å². The summed E-state index contributed by atoms with van der Waals surface area (Å²) in [7, 11) is 0. The van der Waals surface area contributed by atoms with Crippen LogP contribution in [-0.4, -0.2) is 16.4 Å². The fourth-order valence-corrected chi connectivity index (χ4v) is 1.15. The van der Waals surface area contributed by atoms with E-state index in [9.17, 15) is 4.79 Å². The highest BCUT2D eigenvalue weighted by Gasteiger charge is 2.12. The van der Waals surface area contributed by atoms with Gasteiger partial charge >= 0.3 is 0 Å². The Morgan fingerprint density at radius 1 is 1.64 bits per heavy atom. The number of nitrogens with one attached hydrogen (secondary N) is 1. The highest BCUT2D eigenvalue weighted by atomic mass is 35.5. The number of alkyl halides is 1. The van der Waals surface area contributed by atoms with Gasteiger partial charge in [-0.05, 0) is 20.8 Å². The Hall–Kier alpha value is -1.03. The monoisotopic (exact) mass is 216 g/mol. The summed E-state index contributed by atoms with van der Waals surface area (Å²) in [6.45, 7) is 5.69. The van der Waals surface area contributed by atoms with Crippen LogP contribution in [0.15, 0.2) is 4.52 Å². The fraction of sp³-hybridized carbons (Fsp3) is 0.556. The zero-order valence-corrected chi connectivity index (χ0v) is 9.18. The largest absolute Gasteiger partial charge is 0.361 e. The second-order valence-corrected chi connectivity index (χ2v) is 3.79. The van der Waals surface area contributed by atoms with E-state index in [0.29, 0.717) is 6.54 Å². The maximum absolute atomic E-state index is 11.2. The third-order valence-corrected chi connectivity index (χ3v) is 2.18. The van der Waals surface area contributed by atoms with Gasteiger partial charge in [-0.2, -0.15) is 0 Å². The second-order valence-electron chi connectivity index (χ2n) is 3.14. The molecule has 1 unspecified atom stereocenters. The third-order valence-electron chi connectivity index (χ3n) is 1.98. The number of hydrogen-bond donors (Lipinski definition) is 1. The minimum atomic E-state index is -0.518. The summed E-state index contributed by atoms with van der Waals surface area (Å²) in [5.74, 6) is 0.539. The number of aromatic nitrogens is 1. The molecule has 0 aliphatic carbocycles. The Bertz CT molecular complexity index is 314. The fourth-order valence-electron chi connectivity index (χ4n) is 1.07. The van der Waals surface area contributed by atoms with Gasteiger partial charge in [0.15, 0.2) is 0 Å². The van der Waals surface area contributed by atoms with Gasteiger partial charge in [-0.15, -0.1) is 11.6 Å². The summed E-state index contributed by atoms with van der Waals surface area (Å²) < 4.78 is 4.95. The minimum absolute atomic E-state index is 0.188. The lowest BCUT2D eigenvalue weighted by molar-refractivity contribution is -0.120. The molecule has 5 heteroatoms. The van der Waals surface area contributed by atoms with Crippen molar-refractivity contribution in [2.75, 3.05) is 0 Å². The van der Waals surface area contributed by atoms with E-state index in [0.717, 1.165) is 17.0 Å². The van der Waals surface area contributed by atoms with E-state index in [1.54, 1.807) is 6.92 Å². The molecule has 1 heterocycles. The van der Waals surface area contributed by atoms with Crippen molar-refractivity contribution in [1.29, 1.82) is 0 Å². The number of hydrogen-bond acceptors (Lipinski definition) is 3. The molecule has 0 fully saturated rings. The summed E-state index contributed by atoms with van der Waals surface area (Å²) in [4.78, 5) is 11.2. The van der Waals surface area contributed by atoms with E-state index >= 15 is 0 Å². The van der Waals surface area contributed by atoms with Crippen LogP contribution in [0.1, 0.15) is 23.9 Å². The summed E-state index contributed by atoms with van der Waals surface area (Å²) in [6.07, 6.45) is 0. The first-order valence-corrected chi connectivity index (χ1v) is 4.79. The molecule has 1 aromatic heterocycles. The quantitative estimate of drug-likeness (QED) is 0.780. The molecule has 0 saturated carbocycles. The maximum atomic E-state index is 11.2. The number of aryl methyl sites for hydroxylation is 2. The van der Waals surface area contributed by atoms with Crippen molar-refractivity contribution < 1.29 is 9.32 Å². The summed E-state index contributed by atoms with van der Waals surface area (Å²) in [5.41, 5.74) is 1.71. The third kappa shape index (κ3) is 2.48. The van der Waals surface area contributed by atoms with Crippen LogP contribution in [0.25, 0.3) is 0 Å². The Kier molecular flexibility index (Phi) is 3.52.